The molecule has 11 heteroatoms. The predicted octanol–water partition coefficient (Wildman–Crippen LogP) is 4.39. The van der Waals surface area contributed by atoms with Crippen molar-refractivity contribution in [2.75, 3.05) is 19.7 Å². The van der Waals surface area contributed by atoms with Crippen LogP contribution in [0.5, 0.6) is 11.5 Å². The third-order valence-electron chi connectivity index (χ3n) is 6.21. The molecular formula is C23H26F3N3O4S. The van der Waals surface area contributed by atoms with Crippen LogP contribution in [0.4, 0.5) is 13.2 Å². The van der Waals surface area contributed by atoms with Crippen molar-refractivity contribution in [2.24, 2.45) is 11.8 Å². The Morgan fingerprint density at radius 2 is 1.79 bits per heavy atom. The minimum Gasteiger partial charge on any atom is -0.484 e. The number of aromatic nitrogens is 1. The first kappa shape index (κ1) is 24.3. The lowest BCUT2D eigenvalue weighted by molar-refractivity contribution is -0.274. The van der Waals surface area contributed by atoms with Gasteiger partial charge in [0.25, 0.3) is 11.8 Å². The van der Waals surface area contributed by atoms with Gasteiger partial charge in [0, 0.05) is 18.5 Å². The topological polar surface area (TPSA) is 80.8 Å². The molecular weight excluding hydrogens is 471 g/mol. The highest BCUT2D eigenvalue weighted by atomic mass is 32.1. The third kappa shape index (κ3) is 6.62. The summed E-state index contributed by atoms with van der Waals surface area (Å²) < 4.78 is 45.6. The van der Waals surface area contributed by atoms with E-state index in [1.165, 1.54) is 49.2 Å². The molecule has 2 atom stereocenters. The molecule has 0 bridgehead atoms. The Morgan fingerprint density at radius 1 is 1.09 bits per heavy atom. The largest absolute Gasteiger partial charge is 0.573 e. The summed E-state index contributed by atoms with van der Waals surface area (Å²) in [7, 11) is 0. The molecule has 1 N–H and O–H groups in total. The predicted molar refractivity (Wildman–Crippen MR) is 119 cm³/mol. The summed E-state index contributed by atoms with van der Waals surface area (Å²) in [6.45, 7) is 1.41. The minimum atomic E-state index is -4.77. The first-order valence-corrected chi connectivity index (χ1v) is 12.1. The Hall–Kier alpha value is -2.82. The lowest BCUT2D eigenvalue weighted by Crippen LogP contribution is -2.44. The molecule has 7 nitrogen and oxygen atoms in total. The van der Waals surface area contributed by atoms with Gasteiger partial charge in [0.05, 0.1) is 6.54 Å². The van der Waals surface area contributed by atoms with E-state index in [9.17, 15) is 22.8 Å². The fourth-order valence-corrected chi connectivity index (χ4v) is 5.26. The summed E-state index contributed by atoms with van der Waals surface area (Å²) >= 11 is 1.31. The molecule has 1 aromatic heterocycles. The van der Waals surface area contributed by atoms with Crippen LogP contribution in [0.2, 0.25) is 0 Å². The number of hydrogen-bond donors (Lipinski definition) is 1. The van der Waals surface area contributed by atoms with E-state index in [1.807, 2.05) is 4.90 Å². The second kappa shape index (κ2) is 10.6. The van der Waals surface area contributed by atoms with E-state index < -0.39 is 12.3 Å². The Labute approximate surface area is 199 Å². The summed E-state index contributed by atoms with van der Waals surface area (Å²) in [6, 6.07) is 4.77. The number of likely N-dealkylation sites (tertiary alicyclic amines) is 1. The summed E-state index contributed by atoms with van der Waals surface area (Å²) in [5.41, 5.74) is 0.404. The van der Waals surface area contributed by atoms with Gasteiger partial charge < -0.3 is 19.7 Å². The number of halogens is 3. The number of amides is 2. The van der Waals surface area contributed by atoms with Crippen LogP contribution >= 0.6 is 11.3 Å². The van der Waals surface area contributed by atoms with Gasteiger partial charge in [-0.1, -0.05) is 19.3 Å². The van der Waals surface area contributed by atoms with Crippen LogP contribution in [-0.2, 0) is 11.3 Å². The number of ether oxygens (including phenoxy) is 2. The molecule has 4 rings (SSSR count). The van der Waals surface area contributed by atoms with Crippen molar-refractivity contribution < 1.29 is 32.2 Å². The van der Waals surface area contributed by atoms with Crippen molar-refractivity contribution >= 4 is 23.2 Å². The molecule has 1 aliphatic carbocycles. The van der Waals surface area contributed by atoms with Gasteiger partial charge in [0.1, 0.15) is 22.2 Å². The molecule has 2 aromatic rings. The highest BCUT2D eigenvalue weighted by Crippen LogP contribution is 2.36. The van der Waals surface area contributed by atoms with Gasteiger partial charge in [-0.3, -0.25) is 9.59 Å². The maximum Gasteiger partial charge on any atom is 0.573 e. The molecule has 0 radical (unpaired) electrons. The second-order valence-corrected chi connectivity index (χ2v) is 9.50. The molecule has 2 aliphatic rings. The van der Waals surface area contributed by atoms with E-state index in [-0.39, 0.29) is 30.6 Å². The van der Waals surface area contributed by atoms with Gasteiger partial charge in [0.2, 0.25) is 0 Å². The average molecular weight is 498 g/mol. The number of alkyl halides is 3. The number of fused-ring (bicyclic) bond motifs is 1. The number of piperidine rings is 1. The van der Waals surface area contributed by atoms with E-state index >= 15 is 0 Å². The lowest BCUT2D eigenvalue weighted by atomic mass is 9.75. The lowest BCUT2D eigenvalue weighted by Gasteiger charge is -2.41. The van der Waals surface area contributed by atoms with Gasteiger partial charge >= 0.3 is 6.36 Å². The molecule has 1 saturated carbocycles. The highest BCUT2D eigenvalue weighted by Gasteiger charge is 2.34. The van der Waals surface area contributed by atoms with Crippen LogP contribution in [-0.4, -0.2) is 47.8 Å². The van der Waals surface area contributed by atoms with E-state index in [4.69, 9.17) is 4.74 Å². The van der Waals surface area contributed by atoms with Crippen LogP contribution < -0.4 is 14.8 Å². The quantitative estimate of drug-likeness (QED) is 0.614. The van der Waals surface area contributed by atoms with Gasteiger partial charge in [-0.15, -0.1) is 24.5 Å². The molecule has 34 heavy (non-hydrogen) atoms. The molecule has 2 fully saturated rings. The number of nitrogens with one attached hydrogen (secondary N) is 1. The Balaban J connectivity index is 1.20. The number of thiazole rings is 1. The fourth-order valence-electron chi connectivity index (χ4n) is 4.55. The van der Waals surface area contributed by atoms with E-state index in [1.54, 1.807) is 5.38 Å². The van der Waals surface area contributed by atoms with Crippen molar-refractivity contribution in [3.63, 3.8) is 0 Å². The van der Waals surface area contributed by atoms with Gasteiger partial charge in [0.15, 0.2) is 6.61 Å². The Morgan fingerprint density at radius 3 is 2.53 bits per heavy atom. The number of benzene rings is 1. The van der Waals surface area contributed by atoms with Crippen molar-refractivity contribution in [2.45, 2.75) is 45.0 Å². The fraction of sp³-hybridized carbons (Fsp3) is 0.522. The van der Waals surface area contributed by atoms with Gasteiger partial charge in [-0.25, -0.2) is 4.98 Å². The highest BCUT2D eigenvalue weighted by molar-refractivity contribution is 7.09. The van der Waals surface area contributed by atoms with Crippen molar-refractivity contribution in [1.29, 1.82) is 0 Å². The molecule has 0 spiro atoms. The first-order valence-electron chi connectivity index (χ1n) is 11.3. The zero-order valence-corrected chi connectivity index (χ0v) is 19.3. The minimum absolute atomic E-state index is 0.0564. The molecule has 0 unspecified atom stereocenters. The zero-order valence-electron chi connectivity index (χ0n) is 18.5. The molecule has 1 saturated heterocycles. The summed E-state index contributed by atoms with van der Waals surface area (Å²) in [4.78, 5) is 31.2. The number of carbonyl (C=O) groups is 2. The van der Waals surface area contributed by atoms with Crippen LogP contribution in [0.15, 0.2) is 29.6 Å². The second-order valence-electron chi connectivity index (χ2n) is 8.56. The van der Waals surface area contributed by atoms with Crippen LogP contribution in [0, 0.1) is 11.8 Å². The summed E-state index contributed by atoms with van der Waals surface area (Å²) in [6.07, 6.45) is 1.29. The summed E-state index contributed by atoms with van der Waals surface area (Å²) in [5, 5.41) is 5.00. The third-order valence-corrected chi connectivity index (χ3v) is 7.06. The van der Waals surface area contributed by atoms with Crippen molar-refractivity contribution in [3.05, 3.63) is 40.3 Å². The standard InChI is InChI=1S/C23H26F3N3O4S/c24-23(25,26)33-18-7-5-17(6-8-18)32-13-20(30)27-11-21-28-19(14-34-21)22(31)29-10-9-15-3-1-2-4-16(15)12-29/h5-8,14-16H,1-4,9-13H2,(H,27,30)/t15-,16+/m0/s1. The van der Waals surface area contributed by atoms with Crippen molar-refractivity contribution in [3.8, 4) is 11.5 Å². The number of rotatable bonds is 7. The van der Waals surface area contributed by atoms with E-state index in [0.717, 1.165) is 37.6 Å². The summed E-state index contributed by atoms with van der Waals surface area (Å²) in [5.74, 6) is 0.719. The SMILES string of the molecule is O=C(COc1ccc(OC(F)(F)F)cc1)NCc1nc(C(=O)N2CC[C@@H]3CCCC[C@@H]3C2)cs1. The average Bonchev–Trinajstić information content (AvgIpc) is 3.29. The molecule has 2 amide bonds. The Kier molecular flexibility index (Phi) is 7.60. The van der Waals surface area contributed by atoms with Gasteiger partial charge in [-0.2, -0.15) is 0 Å². The maximum atomic E-state index is 12.9. The van der Waals surface area contributed by atoms with E-state index in [0.29, 0.717) is 16.6 Å². The zero-order chi connectivity index (χ0) is 24.1. The Bertz CT molecular complexity index is 996. The van der Waals surface area contributed by atoms with Gasteiger partial charge in [-0.05, 0) is 48.9 Å². The number of hydrogen-bond acceptors (Lipinski definition) is 6. The monoisotopic (exact) mass is 497 g/mol. The van der Waals surface area contributed by atoms with Crippen LogP contribution in [0.1, 0.15) is 47.6 Å². The van der Waals surface area contributed by atoms with Crippen LogP contribution in [0.3, 0.4) is 0 Å². The first-order chi connectivity index (χ1) is 16.3. The molecule has 1 aromatic carbocycles. The molecule has 1 aliphatic heterocycles. The molecule has 184 valence electrons. The van der Waals surface area contributed by atoms with E-state index in [2.05, 4.69) is 15.0 Å². The molecule has 2 heterocycles. The normalized spacial score (nSPS) is 20.4. The smallest absolute Gasteiger partial charge is 0.484 e. The maximum absolute atomic E-state index is 12.9. The number of nitrogens with zero attached hydrogens (tertiary/aromatic N) is 2. The van der Waals surface area contributed by atoms with Crippen LogP contribution in [0.25, 0.3) is 0 Å². The number of carbonyl (C=O) groups excluding carboxylic acids is 2. The van der Waals surface area contributed by atoms with Crippen molar-refractivity contribution in [1.82, 2.24) is 15.2 Å².